The zero-order valence-corrected chi connectivity index (χ0v) is 17.1. The van der Waals surface area contributed by atoms with Gasteiger partial charge in [0.15, 0.2) is 0 Å². The maximum absolute atomic E-state index is 13.3. The van der Waals surface area contributed by atoms with Crippen LogP contribution in [0, 0.1) is 0 Å². The number of pyridine rings is 1. The Kier molecular flexibility index (Phi) is 4.66. The van der Waals surface area contributed by atoms with Gasteiger partial charge < -0.3 is 14.2 Å². The van der Waals surface area contributed by atoms with Gasteiger partial charge in [-0.2, -0.15) is 0 Å². The number of thiazole rings is 1. The molecule has 5 nitrogen and oxygen atoms in total. The third kappa shape index (κ3) is 3.34. The van der Waals surface area contributed by atoms with Crippen molar-refractivity contribution in [2.24, 2.45) is 0 Å². The Hall–Kier alpha value is -2.96. The SMILES string of the molecule is CN1CCN(C(=O)c2cc(-c3csc(-c4ccccc4)n3)n3ccccc23)CC1. The zero-order chi connectivity index (χ0) is 19.8. The highest BCUT2D eigenvalue weighted by atomic mass is 32.1. The lowest BCUT2D eigenvalue weighted by atomic mass is 10.2. The van der Waals surface area contributed by atoms with E-state index in [0.717, 1.165) is 59.2 Å². The van der Waals surface area contributed by atoms with Crippen LogP contribution < -0.4 is 0 Å². The third-order valence-electron chi connectivity index (χ3n) is 5.48. The Balaban J connectivity index is 1.54. The van der Waals surface area contributed by atoms with E-state index in [1.807, 2.05) is 53.6 Å². The van der Waals surface area contributed by atoms with Crippen LogP contribution in [0.4, 0.5) is 0 Å². The van der Waals surface area contributed by atoms with E-state index in [-0.39, 0.29) is 5.91 Å². The Morgan fingerprint density at radius 2 is 1.76 bits per heavy atom. The van der Waals surface area contributed by atoms with Crippen LogP contribution in [0.1, 0.15) is 10.4 Å². The second-order valence-corrected chi connectivity index (χ2v) is 8.26. The largest absolute Gasteiger partial charge is 0.336 e. The van der Waals surface area contributed by atoms with Gasteiger partial charge in [0.05, 0.1) is 22.5 Å². The number of carbonyl (C=O) groups is 1. The minimum absolute atomic E-state index is 0.103. The number of likely N-dealkylation sites (N-methyl/N-ethyl adjacent to an activating group) is 1. The van der Waals surface area contributed by atoms with E-state index in [4.69, 9.17) is 4.98 Å². The van der Waals surface area contributed by atoms with Crippen molar-refractivity contribution in [1.82, 2.24) is 19.2 Å². The van der Waals surface area contributed by atoms with Crippen molar-refractivity contribution in [3.63, 3.8) is 0 Å². The monoisotopic (exact) mass is 402 g/mol. The summed E-state index contributed by atoms with van der Waals surface area (Å²) in [5.41, 5.74) is 4.64. The lowest BCUT2D eigenvalue weighted by molar-refractivity contribution is 0.0666. The summed E-state index contributed by atoms with van der Waals surface area (Å²) in [7, 11) is 2.10. The average molecular weight is 403 g/mol. The molecule has 0 N–H and O–H groups in total. The number of fused-ring (bicyclic) bond motifs is 1. The van der Waals surface area contributed by atoms with Crippen molar-refractivity contribution < 1.29 is 4.79 Å². The van der Waals surface area contributed by atoms with E-state index in [1.165, 1.54) is 0 Å². The molecule has 4 aromatic rings. The molecule has 146 valence electrons. The third-order valence-corrected chi connectivity index (χ3v) is 6.38. The molecule has 1 amide bonds. The maximum Gasteiger partial charge on any atom is 0.256 e. The van der Waals surface area contributed by atoms with Crippen molar-refractivity contribution in [2.75, 3.05) is 33.2 Å². The standard InChI is InChI=1S/C23H22N4OS/c1-25-11-13-26(14-12-25)23(28)18-15-21(27-10-6-5-9-20(18)27)19-16-29-22(24-19)17-7-3-2-4-8-17/h2-10,15-16H,11-14H2,1H3. The molecule has 0 radical (unpaired) electrons. The summed E-state index contributed by atoms with van der Waals surface area (Å²) in [4.78, 5) is 22.3. The summed E-state index contributed by atoms with van der Waals surface area (Å²) in [5.74, 6) is 0.103. The first-order valence-electron chi connectivity index (χ1n) is 9.80. The lowest BCUT2D eigenvalue weighted by Crippen LogP contribution is -2.47. The van der Waals surface area contributed by atoms with Crippen LogP contribution >= 0.6 is 11.3 Å². The van der Waals surface area contributed by atoms with Gasteiger partial charge in [0, 0.05) is 43.3 Å². The van der Waals surface area contributed by atoms with Gasteiger partial charge in [0.2, 0.25) is 0 Å². The van der Waals surface area contributed by atoms with E-state index >= 15 is 0 Å². The fourth-order valence-electron chi connectivity index (χ4n) is 3.81. The molecule has 1 aliphatic heterocycles. The van der Waals surface area contributed by atoms with Gasteiger partial charge in [-0.1, -0.05) is 36.4 Å². The number of benzene rings is 1. The van der Waals surface area contributed by atoms with Gasteiger partial charge in [0.1, 0.15) is 5.01 Å². The molecule has 1 aromatic carbocycles. The number of hydrogen-bond acceptors (Lipinski definition) is 4. The highest BCUT2D eigenvalue weighted by molar-refractivity contribution is 7.13. The van der Waals surface area contributed by atoms with Gasteiger partial charge in [-0.15, -0.1) is 11.3 Å². The highest BCUT2D eigenvalue weighted by Gasteiger charge is 2.24. The van der Waals surface area contributed by atoms with E-state index in [0.29, 0.717) is 0 Å². The number of carbonyl (C=O) groups excluding carboxylic acids is 1. The second-order valence-electron chi connectivity index (χ2n) is 7.40. The smallest absolute Gasteiger partial charge is 0.256 e. The summed E-state index contributed by atoms with van der Waals surface area (Å²) >= 11 is 1.63. The van der Waals surface area contributed by atoms with Crippen molar-refractivity contribution in [3.05, 3.63) is 71.7 Å². The topological polar surface area (TPSA) is 40.8 Å². The summed E-state index contributed by atoms with van der Waals surface area (Å²) in [6, 6.07) is 18.2. The molecular weight excluding hydrogens is 380 g/mol. The normalized spacial score (nSPS) is 15.1. The molecule has 1 aliphatic rings. The summed E-state index contributed by atoms with van der Waals surface area (Å²) in [5, 5.41) is 3.06. The molecule has 0 bridgehead atoms. The molecule has 0 aliphatic carbocycles. The number of piperazine rings is 1. The summed E-state index contributed by atoms with van der Waals surface area (Å²) in [6.07, 6.45) is 2.01. The fraction of sp³-hybridized carbons (Fsp3) is 0.217. The Labute approximate surface area is 173 Å². The van der Waals surface area contributed by atoms with Gasteiger partial charge in [-0.3, -0.25) is 4.79 Å². The highest BCUT2D eigenvalue weighted by Crippen LogP contribution is 2.32. The fourth-order valence-corrected chi connectivity index (χ4v) is 4.63. The maximum atomic E-state index is 13.3. The van der Waals surface area contributed by atoms with Crippen LogP contribution in [-0.4, -0.2) is 58.3 Å². The first-order chi connectivity index (χ1) is 14.2. The molecule has 4 heterocycles. The number of amides is 1. The first-order valence-corrected chi connectivity index (χ1v) is 10.7. The van der Waals surface area contributed by atoms with Crippen molar-refractivity contribution in [3.8, 4) is 22.0 Å². The van der Waals surface area contributed by atoms with E-state index < -0.39 is 0 Å². The van der Waals surface area contributed by atoms with Crippen molar-refractivity contribution >= 4 is 22.8 Å². The molecule has 3 aromatic heterocycles. The van der Waals surface area contributed by atoms with Crippen LogP contribution in [0.25, 0.3) is 27.5 Å². The molecule has 0 unspecified atom stereocenters. The zero-order valence-electron chi connectivity index (χ0n) is 16.3. The number of aromatic nitrogens is 2. The Bertz CT molecular complexity index is 1160. The van der Waals surface area contributed by atoms with Crippen LogP contribution in [-0.2, 0) is 0 Å². The van der Waals surface area contributed by atoms with Crippen LogP contribution in [0.2, 0.25) is 0 Å². The van der Waals surface area contributed by atoms with Crippen LogP contribution in [0.15, 0.2) is 66.2 Å². The van der Waals surface area contributed by atoms with Gasteiger partial charge in [0.25, 0.3) is 5.91 Å². The molecule has 5 rings (SSSR count). The lowest BCUT2D eigenvalue weighted by Gasteiger charge is -2.32. The molecule has 0 atom stereocenters. The van der Waals surface area contributed by atoms with Crippen molar-refractivity contribution in [1.29, 1.82) is 0 Å². The predicted octanol–water partition coefficient (Wildman–Crippen LogP) is 4.12. The minimum Gasteiger partial charge on any atom is -0.336 e. The second kappa shape index (κ2) is 7.46. The quantitative estimate of drug-likeness (QED) is 0.518. The summed E-state index contributed by atoms with van der Waals surface area (Å²) < 4.78 is 2.08. The molecular formula is C23H22N4OS. The van der Waals surface area contributed by atoms with Crippen LogP contribution in [0.3, 0.4) is 0 Å². The van der Waals surface area contributed by atoms with E-state index in [1.54, 1.807) is 11.3 Å². The van der Waals surface area contributed by atoms with E-state index in [9.17, 15) is 4.79 Å². The molecule has 1 saturated heterocycles. The molecule has 6 heteroatoms. The minimum atomic E-state index is 0.103. The summed E-state index contributed by atoms with van der Waals surface area (Å²) in [6.45, 7) is 3.36. The first kappa shape index (κ1) is 18.1. The molecule has 0 spiro atoms. The van der Waals surface area contributed by atoms with Gasteiger partial charge >= 0.3 is 0 Å². The molecule has 1 fully saturated rings. The van der Waals surface area contributed by atoms with Gasteiger partial charge in [-0.25, -0.2) is 4.98 Å². The Morgan fingerprint density at radius 1 is 1.00 bits per heavy atom. The van der Waals surface area contributed by atoms with E-state index in [2.05, 4.69) is 33.9 Å². The predicted molar refractivity (Wildman–Crippen MR) is 117 cm³/mol. The van der Waals surface area contributed by atoms with Gasteiger partial charge in [-0.05, 0) is 25.2 Å². The van der Waals surface area contributed by atoms with Crippen LogP contribution in [0.5, 0.6) is 0 Å². The number of nitrogens with zero attached hydrogens (tertiary/aromatic N) is 4. The molecule has 29 heavy (non-hydrogen) atoms. The number of rotatable bonds is 3. The average Bonchev–Trinajstić information content (AvgIpc) is 3.40. The number of hydrogen-bond donors (Lipinski definition) is 0. The molecule has 0 saturated carbocycles. The Morgan fingerprint density at radius 3 is 2.55 bits per heavy atom. The van der Waals surface area contributed by atoms with Crippen molar-refractivity contribution in [2.45, 2.75) is 0 Å².